The molecule has 160 valence electrons. The van der Waals surface area contributed by atoms with Crippen LogP contribution in [0.2, 0.25) is 0 Å². The second kappa shape index (κ2) is 8.65. The number of nitrogens with one attached hydrogen (secondary N) is 1. The van der Waals surface area contributed by atoms with E-state index in [0.29, 0.717) is 0 Å². The van der Waals surface area contributed by atoms with Crippen molar-refractivity contribution < 1.29 is 8.42 Å². The van der Waals surface area contributed by atoms with Crippen LogP contribution in [0.5, 0.6) is 0 Å². The molecule has 31 heavy (non-hydrogen) atoms. The molecule has 2 atom stereocenters. The fourth-order valence-corrected chi connectivity index (χ4v) is 5.31. The van der Waals surface area contributed by atoms with Crippen molar-refractivity contribution in [2.24, 2.45) is 5.10 Å². The van der Waals surface area contributed by atoms with Crippen LogP contribution < -0.4 is 5.32 Å². The van der Waals surface area contributed by atoms with Gasteiger partial charge in [-0.25, -0.2) is 0 Å². The van der Waals surface area contributed by atoms with Gasteiger partial charge >= 0.3 is 0 Å². The molecule has 3 aromatic carbocycles. The molecule has 0 saturated carbocycles. The van der Waals surface area contributed by atoms with Crippen LogP contribution in [-0.4, -0.2) is 30.6 Å². The van der Waals surface area contributed by atoms with Gasteiger partial charge in [0.05, 0.1) is 16.6 Å². The standard InChI is InChI=1S/C25H27N3O2S/c1-18(2)26-24-23(20-10-6-4-7-11-20)27-28(25(24)21-12-8-5-9-13-21)31(29,30)22-16-14-19(3)15-17-22/h4-18,24-26H,1-3H3/t24-,25+/m0/s1. The maximum absolute atomic E-state index is 13.7. The van der Waals surface area contributed by atoms with E-state index in [2.05, 4.69) is 19.2 Å². The van der Waals surface area contributed by atoms with Crippen LogP contribution in [0, 0.1) is 6.92 Å². The summed E-state index contributed by atoms with van der Waals surface area (Å²) < 4.78 is 28.7. The number of rotatable bonds is 6. The first-order valence-electron chi connectivity index (χ1n) is 10.4. The van der Waals surface area contributed by atoms with Gasteiger partial charge < -0.3 is 5.32 Å². The van der Waals surface area contributed by atoms with E-state index in [9.17, 15) is 8.42 Å². The van der Waals surface area contributed by atoms with Gasteiger partial charge in [0.15, 0.2) is 0 Å². The number of hydrazone groups is 1. The van der Waals surface area contributed by atoms with Crippen molar-refractivity contribution in [2.45, 2.75) is 43.8 Å². The zero-order valence-corrected chi connectivity index (χ0v) is 18.8. The first-order valence-corrected chi connectivity index (χ1v) is 11.9. The monoisotopic (exact) mass is 433 g/mol. The fraction of sp³-hybridized carbons (Fsp3) is 0.240. The van der Waals surface area contributed by atoms with Crippen LogP contribution >= 0.6 is 0 Å². The average molecular weight is 434 g/mol. The highest BCUT2D eigenvalue weighted by Gasteiger charge is 2.45. The predicted octanol–water partition coefficient (Wildman–Crippen LogP) is 4.51. The van der Waals surface area contributed by atoms with Crippen molar-refractivity contribution >= 4 is 15.7 Å². The highest BCUT2D eigenvalue weighted by Crippen LogP contribution is 2.37. The van der Waals surface area contributed by atoms with Crippen molar-refractivity contribution in [2.75, 3.05) is 0 Å². The Kier molecular flexibility index (Phi) is 5.94. The van der Waals surface area contributed by atoms with Gasteiger partial charge in [0.2, 0.25) is 0 Å². The van der Waals surface area contributed by atoms with E-state index in [1.54, 1.807) is 12.1 Å². The molecule has 1 heterocycles. The van der Waals surface area contributed by atoms with Gasteiger partial charge in [-0.2, -0.15) is 17.9 Å². The zero-order chi connectivity index (χ0) is 22.0. The molecule has 0 spiro atoms. The molecular weight excluding hydrogens is 406 g/mol. The minimum absolute atomic E-state index is 0.146. The molecule has 1 aliphatic rings. The van der Waals surface area contributed by atoms with Gasteiger partial charge in [-0.3, -0.25) is 0 Å². The van der Waals surface area contributed by atoms with E-state index in [1.165, 1.54) is 4.41 Å². The van der Waals surface area contributed by atoms with Crippen molar-refractivity contribution in [3.05, 3.63) is 102 Å². The Balaban J connectivity index is 1.89. The Labute approximate surface area is 184 Å². The maximum Gasteiger partial charge on any atom is 0.279 e. The second-order valence-corrected chi connectivity index (χ2v) is 9.89. The molecule has 0 aliphatic carbocycles. The lowest BCUT2D eigenvalue weighted by Crippen LogP contribution is -2.45. The molecule has 0 amide bonds. The number of hydrogen-bond donors (Lipinski definition) is 1. The van der Waals surface area contributed by atoms with Crippen molar-refractivity contribution in [3.8, 4) is 0 Å². The first kappa shape index (κ1) is 21.3. The minimum Gasteiger partial charge on any atom is -0.304 e. The van der Waals surface area contributed by atoms with Crippen molar-refractivity contribution in [3.63, 3.8) is 0 Å². The van der Waals surface area contributed by atoms with Gasteiger partial charge in [-0.1, -0.05) is 92.2 Å². The van der Waals surface area contributed by atoms with Crippen LogP contribution in [0.25, 0.3) is 0 Å². The summed E-state index contributed by atoms with van der Waals surface area (Å²) in [7, 11) is -3.86. The molecule has 0 fully saturated rings. The normalized spacial score (nSPS) is 19.0. The molecule has 5 nitrogen and oxygen atoms in total. The largest absolute Gasteiger partial charge is 0.304 e. The van der Waals surface area contributed by atoms with Crippen molar-refractivity contribution in [1.29, 1.82) is 0 Å². The average Bonchev–Trinajstić information content (AvgIpc) is 3.14. The predicted molar refractivity (Wildman–Crippen MR) is 124 cm³/mol. The third kappa shape index (κ3) is 4.27. The lowest BCUT2D eigenvalue weighted by atomic mass is 9.93. The topological polar surface area (TPSA) is 61.8 Å². The lowest BCUT2D eigenvalue weighted by Gasteiger charge is -2.29. The van der Waals surface area contributed by atoms with Crippen LogP contribution in [0.3, 0.4) is 0 Å². The lowest BCUT2D eigenvalue weighted by molar-refractivity contribution is 0.323. The van der Waals surface area contributed by atoms with Crippen LogP contribution in [0.15, 0.2) is 94.9 Å². The summed E-state index contributed by atoms with van der Waals surface area (Å²) in [4.78, 5) is 0.236. The van der Waals surface area contributed by atoms with Crippen LogP contribution in [-0.2, 0) is 10.0 Å². The Hall–Kier alpha value is -2.96. The fourth-order valence-electron chi connectivity index (χ4n) is 3.87. The van der Waals surface area contributed by atoms with Gasteiger partial charge in [-0.15, -0.1) is 0 Å². The van der Waals surface area contributed by atoms with E-state index in [1.807, 2.05) is 79.7 Å². The van der Waals surface area contributed by atoms with Crippen LogP contribution in [0.4, 0.5) is 0 Å². The summed E-state index contributed by atoms with van der Waals surface area (Å²) in [5.41, 5.74) is 3.53. The van der Waals surface area contributed by atoms with Gasteiger partial charge in [0.1, 0.15) is 6.04 Å². The van der Waals surface area contributed by atoms with E-state index >= 15 is 0 Å². The Morgan fingerprint density at radius 1 is 0.871 bits per heavy atom. The molecule has 4 rings (SSSR count). The third-order valence-electron chi connectivity index (χ3n) is 5.34. The molecule has 0 radical (unpaired) electrons. The molecule has 6 heteroatoms. The van der Waals surface area contributed by atoms with E-state index in [-0.39, 0.29) is 17.0 Å². The highest BCUT2D eigenvalue weighted by atomic mass is 32.2. The summed E-state index contributed by atoms with van der Waals surface area (Å²) in [6.45, 7) is 6.05. The number of aryl methyl sites for hydroxylation is 1. The molecule has 1 aliphatic heterocycles. The Bertz CT molecular complexity index is 1160. The number of hydrogen-bond acceptors (Lipinski definition) is 4. The smallest absolute Gasteiger partial charge is 0.279 e. The molecule has 0 aromatic heterocycles. The first-order chi connectivity index (χ1) is 14.9. The quantitative estimate of drug-likeness (QED) is 0.622. The Morgan fingerprint density at radius 2 is 1.45 bits per heavy atom. The summed E-state index contributed by atoms with van der Waals surface area (Å²) >= 11 is 0. The summed E-state index contributed by atoms with van der Waals surface area (Å²) in [6, 6.07) is 25.8. The van der Waals surface area contributed by atoms with E-state index in [0.717, 1.165) is 22.4 Å². The molecule has 1 N–H and O–H groups in total. The maximum atomic E-state index is 13.7. The Morgan fingerprint density at radius 3 is 2.03 bits per heavy atom. The minimum atomic E-state index is -3.86. The summed E-state index contributed by atoms with van der Waals surface area (Å²) in [6.07, 6.45) is 0. The highest BCUT2D eigenvalue weighted by molar-refractivity contribution is 7.89. The van der Waals surface area contributed by atoms with Crippen LogP contribution in [0.1, 0.15) is 36.6 Å². The second-order valence-electron chi connectivity index (χ2n) is 8.10. The SMILES string of the molecule is Cc1ccc(S(=O)(=O)N2N=C(c3ccccc3)[C@H](NC(C)C)[C@H]2c2ccccc2)cc1. The molecule has 3 aromatic rings. The number of benzene rings is 3. The summed E-state index contributed by atoms with van der Waals surface area (Å²) in [5, 5.41) is 8.29. The third-order valence-corrected chi connectivity index (χ3v) is 7.01. The molecule has 0 unspecified atom stereocenters. The van der Waals surface area contributed by atoms with Gasteiger partial charge in [0, 0.05) is 6.04 Å². The number of nitrogens with zero attached hydrogens (tertiary/aromatic N) is 2. The molecule has 0 saturated heterocycles. The summed E-state index contributed by atoms with van der Waals surface area (Å²) in [5.74, 6) is 0. The molecular formula is C25H27N3O2S. The van der Waals surface area contributed by atoms with Crippen molar-refractivity contribution in [1.82, 2.24) is 9.73 Å². The van der Waals surface area contributed by atoms with Gasteiger partial charge in [-0.05, 0) is 30.2 Å². The molecule has 0 bridgehead atoms. The van der Waals surface area contributed by atoms with E-state index < -0.39 is 16.1 Å². The van der Waals surface area contributed by atoms with Gasteiger partial charge in [0.25, 0.3) is 10.0 Å². The number of sulfonamides is 1. The zero-order valence-electron chi connectivity index (χ0n) is 17.9. The van der Waals surface area contributed by atoms with E-state index in [4.69, 9.17) is 5.10 Å².